The van der Waals surface area contributed by atoms with Crippen molar-refractivity contribution in [1.29, 1.82) is 0 Å². The van der Waals surface area contributed by atoms with Gasteiger partial charge in [-0.25, -0.2) is 12.7 Å². The van der Waals surface area contributed by atoms with Crippen molar-refractivity contribution in [2.45, 2.75) is 19.3 Å². The number of sulfonamides is 1. The molecular formula is C9H16FNO4S. The first-order chi connectivity index (χ1) is 7.47. The third-order valence-corrected chi connectivity index (χ3v) is 4.69. The number of carbonyl (C=O) groups is 1. The molecule has 0 radical (unpaired) electrons. The molecule has 1 aliphatic rings. The number of hydrogen-bond donors (Lipinski definition) is 1. The van der Waals surface area contributed by atoms with Gasteiger partial charge in [0.1, 0.15) is 0 Å². The molecule has 1 rings (SSSR count). The summed E-state index contributed by atoms with van der Waals surface area (Å²) in [6, 6.07) is 0. The highest BCUT2D eigenvalue weighted by molar-refractivity contribution is 7.89. The van der Waals surface area contributed by atoms with Gasteiger partial charge in [0.25, 0.3) is 0 Å². The van der Waals surface area contributed by atoms with E-state index in [0.29, 0.717) is 12.8 Å². The third kappa shape index (κ3) is 3.41. The van der Waals surface area contributed by atoms with Crippen LogP contribution in [0.1, 0.15) is 19.3 Å². The Hall–Kier alpha value is -0.690. The number of halogens is 1. The van der Waals surface area contributed by atoms with Crippen LogP contribution < -0.4 is 0 Å². The van der Waals surface area contributed by atoms with Crippen LogP contribution in [0.15, 0.2) is 0 Å². The largest absolute Gasteiger partial charge is 0.481 e. The highest BCUT2D eigenvalue weighted by Gasteiger charge is 2.30. The summed E-state index contributed by atoms with van der Waals surface area (Å²) in [6.07, 6.45) is 0.676. The molecule has 1 N–H and O–H groups in total. The molecule has 1 aliphatic heterocycles. The zero-order chi connectivity index (χ0) is 12.2. The molecule has 16 heavy (non-hydrogen) atoms. The topological polar surface area (TPSA) is 74.7 Å². The van der Waals surface area contributed by atoms with E-state index in [1.54, 1.807) is 0 Å². The van der Waals surface area contributed by atoms with Crippen LogP contribution in [0.4, 0.5) is 4.39 Å². The average Bonchev–Trinajstić information content (AvgIpc) is 2.26. The van der Waals surface area contributed by atoms with Crippen LogP contribution in [-0.2, 0) is 14.8 Å². The highest BCUT2D eigenvalue weighted by atomic mass is 32.2. The molecule has 0 unspecified atom stereocenters. The van der Waals surface area contributed by atoms with Crippen LogP contribution >= 0.6 is 0 Å². The molecule has 94 valence electrons. The normalized spacial score (nSPS) is 19.8. The van der Waals surface area contributed by atoms with Crippen LogP contribution in [-0.4, -0.2) is 49.3 Å². The molecule has 5 nitrogen and oxygen atoms in total. The third-order valence-electron chi connectivity index (χ3n) is 2.73. The second kappa shape index (κ2) is 5.58. The number of piperidine rings is 1. The van der Waals surface area contributed by atoms with E-state index in [1.807, 2.05) is 0 Å². The minimum atomic E-state index is -3.39. The lowest BCUT2D eigenvalue weighted by atomic mass is 9.99. The lowest BCUT2D eigenvalue weighted by Gasteiger charge is -2.29. The van der Waals surface area contributed by atoms with Crippen LogP contribution in [0.25, 0.3) is 0 Å². The van der Waals surface area contributed by atoms with E-state index >= 15 is 0 Å². The van der Waals surface area contributed by atoms with E-state index in [0.717, 1.165) is 0 Å². The zero-order valence-electron chi connectivity index (χ0n) is 8.93. The number of carboxylic acids is 1. The standard InChI is InChI=1S/C9H16FNO4S/c10-4-1-7-16(14,15)11-5-2-8(3-6-11)9(12)13/h8H,1-7H2,(H,12,13). The van der Waals surface area contributed by atoms with E-state index in [1.165, 1.54) is 4.31 Å². The van der Waals surface area contributed by atoms with Gasteiger partial charge in [-0.15, -0.1) is 0 Å². The summed E-state index contributed by atoms with van der Waals surface area (Å²) >= 11 is 0. The molecule has 0 aromatic rings. The lowest BCUT2D eigenvalue weighted by molar-refractivity contribution is -0.142. The van der Waals surface area contributed by atoms with Crippen molar-refractivity contribution in [3.8, 4) is 0 Å². The second-order valence-electron chi connectivity index (χ2n) is 3.87. The van der Waals surface area contributed by atoms with Gasteiger partial charge in [-0.2, -0.15) is 0 Å². The number of carboxylic acid groups (broad SMARTS) is 1. The minimum Gasteiger partial charge on any atom is -0.481 e. The van der Waals surface area contributed by atoms with Crippen molar-refractivity contribution < 1.29 is 22.7 Å². The highest BCUT2D eigenvalue weighted by Crippen LogP contribution is 2.20. The Morgan fingerprint density at radius 1 is 1.38 bits per heavy atom. The molecule has 0 amide bonds. The maximum atomic E-state index is 11.9. The molecule has 0 aliphatic carbocycles. The number of nitrogens with zero attached hydrogens (tertiary/aromatic N) is 1. The van der Waals surface area contributed by atoms with E-state index < -0.39 is 28.6 Å². The van der Waals surface area contributed by atoms with Gasteiger partial charge in [0.05, 0.1) is 18.3 Å². The summed E-state index contributed by atoms with van der Waals surface area (Å²) in [6.45, 7) is -0.192. The Bertz CT molecular complexity index is 335. The van der Waals surface area contributed by atoms with Crippen LogP contribution in [0.5, 0.6) is 0 Å². The quantitative estimate of drug-likeness (QED) is 0.773. The Labute approximate surface area is 94.3 Å². The van der Waals surface area contributed by atoms with Crippen molar-refractivity contribution in [3.63, 3.8) is 0 Å². The first-order valence-electron chi connectivity index (χ1n) is 5.24. The Morgan fingerprint density at radius 3 is 2.38 bits per heavy atom. The molecule has 0 bridgehead atoms. The summed E-state index contributed by atoms with van der Waals surface area (Å²) in [7, 11) is -3.39. The van der Waals surface area contributed by atoms with E-state index in [2.05, 4.69) is 0 Å². The van der Waals surface area contributed by atoms with Crippen molar-refractivity contribution in [2.75, 3.05) is 25.5 Å². The van der Waals surface area contributed by atoms with Gasteiger partial charge in [0.15, 0.2) is 0 Å². The molecule has 0 spiro atoms. The van der Waals surface area contributed by atoms with E-state index in [4.69, 9.17) is 5.11 Å². The summed E-state index contributed by atoms with van der Waals surface area (Å²) in [5.41, 5.74) is 0. The van der Waals surface area contributed by atoms with Crippen LogP contribution in [0.3, 0.4) is 0 Å². The average molecular weight is 253 g/mol. The van der Waals surface area contributed by atoms with Gasteiger partial charge >= 0.3 is 5.97 Å². The minimum absolute atomic E-state index is 0.00118. The van der Waals surface area contributed by atoms with Gasteiger partial charge in [-0.05, 0) is 19.3 Å². The predicted molar refractivity (Wildman–Crippen MR) is 56.3 cm³/mol. The van der Waals surface area contributed by atoms with Gasteiger partial charge in [-0.3, -0.25) is 9.18 Å². The number of alkyl halides is 1. The van der Waals surface area contributed by atoms with Gasteiger partial charge in [-0.1, -0.05) is 0 Å². The fourth-order valence-electron chi connectivity index (χ4n) is 1.75. The molecular weight excluding hydrogens is 237 g/mol. The molecule has 0 aromatic carbocycles. The number of hydrogen-bond acceptors (Lipinski definition) is 3. The number of aliphatic carboxylic acids is 1. The smallest absolute Gasteiger partial charge is 0.306 e. The lowest BCUT2D eigenvalue weighted by Crippen LogP contribution is -2.41. The molecule has 1 saturated heterocycles. The van der Waals surface area contributed by atoms with Gasteiger partial charge < -0.3 is 5.11 Å². The maximum Gasteiger partial charge on any atom is 0.306 e. The monoisotopic (exact) mass is 253 g/mol. The maximum absolute atomic E-state index is 11.9. The first-order valence-corrected chi connectivity index (χ1v) is 6.85. The molecule has 0 aromatic heterocycles. The molecule has 1 fully saturated rings. The molecule has 1 heterocycles. The first kappa shape index (κ1) is 13.4. The summed E-state index contributed by atoms with van der Waals surface area (Å²) < 4.78 is 36.4. The van der Waals surface area contributed by atoms with Gasteiger partial charge in [0.2, 0.25) is 10.0 Å². The van der Waals surface area contributed by atoms with Crippen LogP contribution in [0, 0.1) is 5.92 Å². The van der Waals surface area contributed by atoms with Crippen LogP contribution in [0.2, 0.25) is 0 Å². The van der Waals surface area contributed by atoms with E-state index in [-0.39, 0.29) is 25.3 Å². The summed E-state index contributed by atoms with van der Waals surface area (Å²) in [5.74, 6) is -1.52. The predicted octanol–water partition coefficient (Wildman–Crippen LogP) is 0.472. The Balaban J connectivity index is 2.50. The molecule has 0 atom stereocenters. The molecule has 7 heteroatoms. The summed E-state index contributed by atoms with van der Waals surface area (Å²) in [4.78, 5) is 10.7. The van der Waals surface area contributed by atoms with Crippen molar-refractivity contribution >= 4 is 16.0 Å². The fourth-order valence-corrected chi connectivity index (χ4v) is 3.25. The Morgan fingerprint density at radius 2 is 1.94 bits per heavy atom. The van der Waals surface area contributed by atoms with Crippen molar-refractivity contribution in [3.05, 3.63) is 0 Å². The van der Waals surface area contributed by atoms with Crippen molar-refractivity contribution in [2.24, 2.45) is 5.92 Å². The Kier molecular flexibility index (Phi) is 4.67. The van der Waals surface area contributed by atoms with E-state index in [9.17, 15) is 17.6 Å². The summed E-state index contributed by atoms with van der Waals surface area (Å²) in [5, 5.41) is 8.75. The molecule has 0 saturated carbocycles. The fraction of sp³-hybridized carbons (Fsp3) is 0.889. The van der Waals surface area contributed by atoms with Gasteiger partial charge in [0, 0.05) is 13.1 Å². The zero-order valence-corrected chi connectivity index (χ0v) is 9.75. The SMILES string of the molecule is O=C(O)C1CCN(S(=O)(=O)CCCF)CC1. The van der Waals surface area contributed by atoms with Crippen molar-refractivity contribution in [1.82, 2.24) is 4.31 Å². The second-order valence-corrected chi connectivity index (χ2v) is 5.96. The number of rotatable bonds is 5.